The third-order valence-electron chi connectivity index (χ3n) is 5.59. The molecule has 0 radical (unpaired) electrons. The van der Waals surface area contributed by atoms with Crippen LogP contribution in [0.5, 0.6) is 0 Å². The van der Waals surface area contributed by atoms with Crippen molar-refractivity contribution in [2.45, 2.75) is 44.2 Å². The van der Waals surface area contributed by atoms with E-state index >= 15 is 0 Å². The molecule has 0 spiro atoms. The Kier molecular flexibility index (Phi) is 3.81. The topological polar surface area (TPSA) is 83.9 Å². The Balaban J connectivity index is 1.41. The van der Waals surface area contributed by atoms with Gasteiger partial charge in [-0.1, -0.05) is 0 Å². The Hall–Kier alpha value is -2.96. The van der Waals surface area contributed by atoms with Gasteiger partial charge in [-0.2, -0.15) is 5.10 Å². The molecule has 1 saturated heterocycles. The van der Waals surface area contributed by atoms with Gasteiger partial charge in [0, 0.05) is 36.3 Å². The molecule has 27 heavy (non-hydrogen) atoms. The number of hydrogen-bond donors (Lipinski definition) is 1. The Morgan fingerprint density at radius 2 is 2.11 bits per heavy atom. The van der Waals surface area contributed by atoms with Crippen LogP contribution in [0, 0.1) is 0 Å². The largest absolute Gasteiger partial charge is 0.345 e. The number of pyridine rings is 1. The molecule has 2 aliphatic rings. The lowest BCUT2D eigenvalue weighted by atomic mass is 10.1. The lowest BCUT2D eigenvalue weighted by molar-refractivity contribution is 0.0722. The molecule has 2 fully saturated rings. The first-order valence-electron chi connectivity index (χ1n) is 9.52. The summed E-state index contributed by atoms with van der Waals surface area (Å²) in [5.41, 5.74) is 2.24. The second-order valence-electron chi connectivity index (χ2n) is 7.45. The Morgan fingerprint density at radius 1 is 1.22 bits per heavy atom. The molecule has 1 aliphatic heterocycles. The minimum Gasteiger partial charge on any atom is -0.345 e. The molecule has 138 valence electrons. The first kappa shape index (κ1) is 16.2. The minimum absolute atomic E-state index is 0.0110. The number of carbonyl (C=O) groups is 1. The predicted molar refractivity (Wildman–Crippen MR) is 101 cm³/mol. The smallest absolute Gasteiger partial charge is 0.266 e. The van der Waals surface area contributed by atoms with Crippen LogP contribution in [0.3, 0.4) is 0 Å². The number of carbonyl (C=O) groups excluding carboxylic acids is 1. The van der Waals surface area contributed by atoms with E-state index in [2.05, 4.69) is 15.1 Å². The molecular weight excluding hydrogens is 342 g/mol. The van der Waals surface area contributed by atoms with Crippen molar-refractivity contribution in [2.75, 3.05) is 6.54 Å². The Labute approximate surface area is 156 Å². The Bertz CT molecular complexity index is 1070. The highest BCUT2D eigenvalue weighted by molar-refractivity contribution is 6.06. The van der Waals surface area contributed by atoms with Crippen LogP contribution in [0.2, 0.25) is 0 Å². The van der Waals surface area contributed by atoms with Crippen LogP contribution in [0.1, 0.15) is 47.7 Å². The molecule has 1 N–H and O–H groups in total. The number of H-pyrrole nitrogens is 1. The van der Waals surface area contributed by atoms with Gasteiger partial charge in [-0.25, -0.2) is 9.67 Å². The maximum atomic E-state index is 13.2. The van der Waals surface area contributed by atoms with E-state index < -0.39 is 0 Å². The highest BCUT2D eigenvalue weighted by Gasteiger charge is 2.32. The van der Waals surface area contributed by atoms with E-state index in [0.29, 0.717) is 30.2 Å². The molecular formula is C20H21N5O2. The molecule has 1 atom stereocenters. The standard InChI is InChI=1S/C20H21N5O2/c26-18-8-7-17(13-5-6-13)23-25(18)12-14-3-2-10-24(14)20(27)16-11-22-19-15(16)4-1-9-21-19/h1,4,7-9,11,13-14H,2-3,5-6,10,12H2,(H,21,22). The maximum absolute atomic E-state index is 13.2. The molecule has 1 saturated carbocycles. The molecule has 3 aromatic rings. The predicted octanol–water partition coefficient (Wildman–Crippen LogP) is 2.30. The third-order valence-corrected chi connectivity index (χ3v) is 5.59. The quantitative estimate of drug-likeness (QED) is 0.771. The maximum Gasteiger partial charge on any atom is 0.266 e. The van der Waals surface area contributed by atoms with Gasteiger partial charge < -0.3 is 9.88 Å². The summed E-state index contributed by atoms with van der Waals surface area (Å²) in [7, 11) is 0. The summed E-state index contributed by atoms with van der Waals surface area (Å²) in [4.78, 5) is 34.6. The van der Waals surface area contributed by atoms with Gasteiger partial charge in [-0.15, -0.1) is 0 Å². The third kappa shape index (κ3) is 2.93. The van der Waals surface area contributed by atoms with Crippen molar-refractivity contribution in [3.05, 3.63) is 58.3 Å². The van der Waals surface area contributed by atoms with Crippen LogP contribution in [-0.4, -0.2) is 43.1 Å². The number of fused-ring (bicyclic) bond motifs is 1. The monoisotopic (exact) mass is 363 g/mol. The number of aromatic nitrogens is 4. The van der Waals surface area contributed by atoms with Crippen molar-refractivity contribution < 1.29 is 4.79 Å². The van der Waals surface area contributed by atoms with Gasteiger partial charge >= 0.3 is 0 Å². The summed E-state index contributed by atoms with van der Waals surface area (Å²) in [6, 6.07) is 7.17. The zero-order valence-corrected chi connectivity index (χ0v) is 15.0. The van der Waals surface area contributed by atoms with Crippen LogP contribution in [0.4, 0.5) is 0 Å². The summed E-state index contributed by atoms with van der Waals surface area (Å²) >= 11 is 0. The number of hydrogen-bond acceptors (Lipinski definition) is 4. The summed E-state index contributed by atoms with van der Waals surface area (Å²) in [6.45, 7) is 1.15. The van der Waals surface area contributed by atoms with Crippen molar-refractivity contribution >= 4 is 16.9 Å². The van der Waals surface area contributed by atoms with E-state index in [-0.39, 0.29) is 17.5 Å². The van der Waals surface area contributed by atoms with Gasteiger partial charge in [0.25, 0.3) is 11.5 Å². The molecule has 0 bridgehead atoms. The number of likely N-dealkylation sites (tertiary alicyclic amines) is 1. The van der Waals surface area contributed by atoms with E-state index in [4.69, 9.17) is 0 Å². The van der Waals surface area contributed by atoms with Crippen LogP contribution in [0.25, 0.3) is 11.0 Å². The molecule has 5 rings (SSSR count). The second-order valence-corrected chi connectivity index (χ2v) is 7.45. The van der Waals surface area contributed by atoms with Crippen LogP contribution in [-0.2, 0) is 6.54 Å². The van der Waals surface area contributed by atoms with Crippen molar-refractivity contribution in [1.29, 1.82) is 0 Å². The first-order valence-corrected chi connectivity index (χ1v) is 9.52. The van der Waals surface area contributed by atoms with E-state index in [1.165, 1.54) is 0 Å². The number of nitrogens with zero attached hydrogens (tertiary/aromatic N) is 4. The van der Waals surface area contributed by atoms with Gasteiger partial charge in [-0.3, -0.25) is 9.59 Å². The van der Waals surface area contributed by atoms with Gasteiger partial charge in [0.15, 0.2) is 0 Å². The molecule has 1 amide bonds. The number of amides is 1. The fourth-order valence-corrected chi connectivity index (χ4v) is 3.97. The normalized spacial score (nSPS) is 19.7. The Morgan fingerprint density at radius 3 is 2.96 bits per heavy atom. The fourth-order valence-electron chi connectivity index (χ4n) is 3.97. The fraction of sp³-hybridized carbons (Fsp3) is 0.400. The van der Waals surface area contributed by atoms with Crippen molar-refractivity contribution in [3.63, 3.8) is 0 Å². The summed E-state index contributed by atoms with van der Waals surface area (Å²) in [5, 5.41) is 5.39. The van der Waals surface area contributed by atoms with E-state index in [1.54, 1.807) is 23.1 Å². The number of aromatic amines is 1. The summed E-state index contributed by atoms with van der Waals surface area (Å²) in [5.74, 6) is 0.486. The minimum atomic E-state index is -0.102. The van der Waals surface area contributed by atoms with Crippen LogP contribution >= 0.6 is 0 Å². The molecule has 4 heterocycles. The first-order chi connectivity index (χ1) is 13.2. The molecule has 1 unspecified atom stereocenters. The molecule has 7 nitrogen and oxygen atoms in total. The summed E-state index contributed by atoms with van der Waals surface area (Å²) in [6.07, 6.45) is 7.55. The highest BCUT2D eigenvalue weighted by atomic mass is 16.2. The number of nitrogens with one attached hydrogen (secondary N) is 1. The van der Waals surface area contributed by atoms with Crippen molar-refractivity contribution in [2.24, 2.45) is 0 Å². The lowest BCUT2D eigenvalue weighted by Gasteiger charge is -2.25. The molecule has 7 heteroatoms. The second kappa shape index (κ2) is 6.33. The van der Waals surface area contributed by atoms with Gasteiger partial charge in [0.1, 0.15) is 5.65 Å². The lowest BCUT2D eigenvalue weighted by Crippen LogP contribution is -2.40. The van der Waals surface area contributed by atoms with Crippen molar-refractivity contribution in [3.8, 4) is 0 Å². The van der Waals surface area contributed by atoms with Crippen LogP contribution < -0.4 is 5.56 Å². The van der Waals surface area contributed by atoms with E-state index in [9.17, 15) is 9.59 Å². The molecule has 1 aliphatic carbocycles. The molecule has 3 aromatic heterocycles. The van der Waals surface area contributed by atoms with E-state index in [0.717, 1.165) is 36.8 Å². The highest BCUT2D eigenvalue weighted by Crippen LogP contribution is 2.38. The van der Waals surface area contributed by atoms with E-state index in [1.807, 2.05) is 23.1 Å². The van der Waals surface area contributed by atoms with Crippen molar-refractivity contribution in [1.82, 2.24) is 24.6 Å². The van der Waals surface area contributed by atoms with Gasteiger partial charge in [0.2, 0.25) is 0 Å². The molecule has 0 aromatic carbocycles. The SMILES string of the molecule is O=C(c1c[nH]c2ncccc12)N1CCCC1Cn1nc(C2CC2)ccc1=O. The zero-order chi connectivity index (χ0) is 18.4. The van der Waals surface area contributed by atoms with Crippen LogP contribution in [0.15, 0.2) is 41.5 Å². The van der Waals surface area contributed by atoms with Gasteiger partial charge in [-0.05, 0) is 43.9 Å². The number of rotatable bonds is 4. The summed E-state index contributed by atoms with van der Waals surface area (Å²) < 4.78 is 1.54. The van der Waals surface area contributed by atoms with Gasteiger partial charge in [0.05, 0.1) is 23.8 Å². The average Bonchev–Trinajstić information content (AvgIpc) is 3.28. The average molecular weight is 363 g/mol. The zero-order valence-electron chi connectivity index (χ0n) is 15.0.